The molecule has 3 aromatic rings. The maximum Gasteiger partial charge on any atom is 0.289 e. The molecular formula is C22H23N3O3. The Bertz CT molecular complexity index is 1060. The first kappa shape index (κ1) is 17.2. The van der Waals surface area contributed by atoms with Crippen LogP contribution in [0, 0.1) is 0 Å². The van der Waals surface area contributed by atoms with Gasteiger partial charge in [0.15, 0.2) is 5.76 Å². The minimum absolute atomic E-state index is 0.0347. The number of fused-ring (bicyclic) bond motifs is 2. The average molecular weight is 377 g/mol. The fourth-order valence-corrected chi connectivity index (χ4v) is 4.45. The van der Waals surface area contributed by atoms with Crippen molar-refractivity contribution in [2.24, 2.45) is 0 Å². The molecule has 3 heterocycles. The van der Waals surface area contributed by atoms with E-state index in [0.717, 1.165) is 55.2 Å². The molecule has 0 spiro atoms. The molecule has 1 aliphatic carbocycles. The van der Waals surface area contributed by atoms with Crippen molar-refractivity contribution in [1.29, 1.82) is 0 Å². The number of carbonyl (C=O) groups excluding carboxylic acids is 1. The molecule has 1 fully saturated rings. The Balaban J connectivity index is 1.39. The number of aryl methyl sites for hydroxylation is 2. The maximum atomic E-state index is 13.1. The molecule has 1 unspecified atom stereocenters. The topological polar surface area (TPSA) is 68.3 Å². The number of nitrogens with zero attached hydrogens (tertiary/aromatic N) is 3. The number of benzene rings is 1. The normalized spacial score (nSPS) is 19.1. The van der Waals surface area contributed by atoms with Crippen molar-refractivity contribution in [3.05, 3.63) is 63.8 Å². The van der Waals surface area contributed by atoms with Gasteiger partial charge in [-0.05, 0) is 56.2 Å². The van der Waals surface area contributed by atoms with E-state index in [2.05, 4.69) is 5.10 Å². The molecule has 2 aromatic heterocycles. The minimum Gasteiger partial charge on any atom is -0.451 e. The smallest absolute Gasteiger partial charge is 0.289 e. The second kappa shape index (κ2) is 6.93. The lowest BCUT2D eigenvalue weighted by Crippen LogP contribution is -2.41. The van der Waals surface area contributed by atoms with Gasteiger partial charge in [0, 0.05) is 18.0 Å². The number of hydrogen-bond donors (Lipinski definition) is 0. The number of hydrogen-bond acceptors (Lipinski definition) is 4. The minimum atomic E-state index is -0.107. The van der Waals surface area contributed by atoms with E-state index in [1.165, 1.54) is 0 Å². The predicted octanol–water partition coefficient (Wildman–Crippen LogP) is 3.17. The van der Waals surface area contributed by atoms with Crippen molar-refractivity contribution in [3.8, 4) is 0 Å². The highest BCUT2D eigenvalue weighted by atomic mass is 16.3. The van der Waals surface area contributed by atoms with Gasteiger partial charge in [0.2, 0.25) is 0 Å². The standard InChI is InChI=1S/C22H23N3O3/c26-21-13-15-6-1-3-9-18(15)23-25(21)14-17-8-5-11-24(17)22(27)20-12-16-7-2-4-10-19(16)28-20/h2,4,7,10,12-13,17H,1,3,5-6,8-9,11,14H2. The molecule has 0 saturated carbocycles. The van der Waals surface area contributed by atoms with E-state index < -0.39 is 0 Å². The molecule has 6 heteroatoms. The third-order valence-corrected chi connectivity index (χ3v) is 5.93. The van der Waals surface area contributed by atoms with E-state index in [-0.39, 0.29) is 17.5 Å². The molecular weight excluding hydrogens is 354 g/mol. The fourth-order valence-electron chi connectivity index (χ4n) is 4.45. The zero-order chi connectivity index (χ0) is 19.1. The van der Waals surface area contributed by atoms with E-state index >= 15 is 0 Å². The van der Waals surface area contributed by atoms with Crippen LogP contribution in [0.2, 0.25) is 0 Å². The number of amides is 1. The van der Waals surface area contributed by atoms with E-state index in [9.17, 15) is 9.59 Å². The SMILES string of the molecule is O=C(c1cc2ccccc2o1)N1CCCC1Cn1nc2c(cc1=O)CCCC2. The highest BCUT2D eigenvalue weighted by Gasteiger charge is 2.32. The summed E-state index contributed by atoms with van der Waals surface area (Å²) in [4.78, 5) is 27.4. The molecule has 1 aliphatic heterocycles. The quantitative estimate of drug-likeness (QED) is 0.703. The van der Waals surface area contributed by atoms with Crippen molar-refractivity contribution in [3.63, 3.8) is 0 Å². The summed E-state index contributed by atoms with van der Waals surface area (Å²) < 4.78 is 7.32. The molecule has 2 aliphatic rings. The first-order valence-corrected chi connectivity index (χ1v) is 10.1. The monoisotopic (exact) mass is 377 g/mol. The number of likely N-dealkylation sites (tertiary alicyclic amines) is 1. The van der Waals surface area contributed by atoms with Gasteiger partial charge in [-0.3, -0.25) is 9.59 Å². The predicted molar refractivity (Wildman–Crippen MR) is 105 cm³/mol. The summed E-state index contributed by atoms with van der Waals surface area (Å²) in [6, 6.07) is 11.1. The number of rotatable bonds is 3. The highest BCUT2D eigenvalue weighted by Crippen LogP contribution is 2.25. The maximum absolute atomic E-state index is 13.1. The van der Waals surface area contributed by atoms with Crippen LogP contribution in [0.3, 0.4) is 0 Å². The highest BCUT2D eigenvalue weighted by molar-refractivity contribution is 5.96. The van der Waals surface area contributed by atoms with Crippen LogP contribution in [-0.4, -0.2) is 33.2 Å². The zero-order valence-corrected chi connectivity index (χ0v) is 15.8. The lowest BCUT2D eigenvalue weighted by atomic mass is 9.97. The van der Waals surface area contributed by atoms with Crippen LogP contribution in [-0.2, 0) is 19.4 Å². The molecule has 1 atom stereocenters. The number of aromatic nitrogens is 2. The molecule has 0 N–H and O–H groups in total. The summed E-state index contributed by atoms with van der Waals surface area (Å²) in [7, 11) is 0. The van der Waals surface area contributed by atoms with E-state index in [4.69, 9.17) is 4.42 Å². The number of furan rings is 1. The average Bonchev–Trinajstić information content (AvgIpc) is 3.34. The molecule has 1 amide bonds. The van der Waals surface area contributed by atoms with Gasteiger partial charge in [0.05, 0.1) is 18.3 Å². The van der Waals surface area contributed by atoms with Gasteiger partial charge in [-0.2, -0.15) is 5.10 Å². The summed E-state index contributed by atoms with van der Waals surface area (Å²) in [5.74, 6) is 0.253. The first-order valence-electron chi connectivity index (χ1n) is 10.1. The summed E-state index contributed by atoms with van der Waals surface area (Å²) >= 11 is 0. The summed E-state index contributed by atoms with van der Waals surface area (Å²) in [6.07, 6.45) is 5.92. The summed E-state index contributed by atoms with van der Waals surface area (Å²) in [5.41, 5.74) is 2.78. The molecule has 1 saturated heterocycles. The van der Waals surface area contributed by atoms with Gasteiger partial charge in [-0.15, -0.1) is 0 Å². The lowest BCUT2D eigenvalue weighted by molar-refractivity contribution is 0.0690. The summed E-state index contributed by atoms with van der Waals surface area (Å²) in [5, 5.41) is 5.55. The Hall–Kier alpha value is -2.89. The first-order chi connectivity index (χ1) is 13.7. The summed E-state index contributed by atoms with van der Waals surface area (Å²) in [6.45, 7) is 1.12. The molecule has 28 heavy (non-hydrogen) atoms. The third-order valence-electron chi connectivity index (χ3n) is 5.93. The third kappa shape index (κ3) is 3.03. The zero-order valence-electron chi connectivity index (χ0n) is 15.8. The number of para-hydroxylation sites is 1. The van der Waals surface area contributed by atoms with Crippen LogP contribution >= 0.6 is 0 Å². The van der Waals surface area contributed by atoms with Crippen LogP contribution in [0.5, 0.6) is 0 Å². The van der Waals surface area contributed by atoms with Crippen molar-refractivity contribution in [1.82, 2.24) is 14.7 Å². The molecule has 5 rings (SSSR count). The molecule has 1 aromatic carbocycles. The van der Waals surface area contributed by atoms with Crippen LogP contribution in [0.25, 0.3) is 11.0 Å². The number of carbonyl (C=O) groups is 1. The van der Waals surface area contributed by atoms with Crippen LogP contribution in [0.15, 0.2) is 45.6 Å². The lowest BCUT2D eigenvalue weighted by Gasteiger charge is -2.24. The van der Waals surface area contributed by atoms with Gasteiger partial charge in [0.1, 0.15) is 5.58 Å². The van der Waals surface area contributed by atoms with Crippen molar-refractivity contribution in [2.75, 3.05) is 6.54 Å². The van der Waals surface area contributed by atoms with Crippen LogP contribution < -0.4 is 5.56 Å². The van der Waals surface area contributed by atoms with Crippen LogP contribution in [0.1, 0.15) is 47.5 Å². The Morgan fingerprint density at radius 1 is 1.14 bits per heavy atom. The van der Waals surface area contributed by atoms with Gasteiger partial charge >= 0.3 is 0 Å². The van der Waals surface area contributed by atoms with Gasteiger partial charge in [0.25, 0.3) is 11.5 Å². The molecule has 0 bridgehead atoms. The van der Waals surface area contributed by atoms with E-state index in [1.807, 2.05) is 29.2 Å². The molecule has 144 valence electrons. The van der Waals surface area contributed by atoms with E-state index in [1.54, 1.807) is 16.8 Å². The molecule has 0 radical (unpaired) electrons. The van der Waals surface area contributed by atoms with Gasteiger partial charge in [-0.25, -0.2) is 4.68 Å². The van der Waals surface area contributed by atoms with Crippen LogP contribution in [0.4, 0.5) is 0 Å². The second-order valence-corrected chi connectivity index (χ2v) is 7.79. The second-order valence-electron chi connectivity index (χ2n) is 7.79. The van der Waals surface area contributed by atoms with Gasteiger partial charge < -0.3 is 9.32 Å². The largest absolute Gasteiger partial charge is 0.451 e. The molecule has 6 nitrogen and oxygen atoms in total. The fraction of sp³-hybridized carbons (Fsp3) is 0.409. The van der Waals surface area contributed by atoms with Crippen molar-refractivity contribution in [2.45, 2.75) is 51.1 Å². The Morgan fingerprint density at radius 2 is 2.00 bits per heavy atom. The Morgan fingerprint density at radius 3 is 2.89 bits per heavy atom. The van der Waals surface area contributed by atoms with E-state index in [0.29, 0.717) is 24.4 Å². The Labute approximate surface area is 162 Å². The van der Waals surface area contributed by atoms with Crippen molar-refractivity contribution < 1.29 is 9.21 Å². The van der Waals surface area contributed by atoms with Gasteiger partial charge in [-0.1, -0.05) is 18.2 Å². The van der Waals surface area contributed by atoms with Crippen molar-refractivity contribution >= 4 is 16.9 Å². The Kier molecular flexibility index (Phi) is 4.26.